The molecule has 2 aromatic carbocycles. The molecule has 2 aliphatic heterocycles. The van der Waals surface area contributed by atoms with Gasteiger partial charge in [-0.15, -0.1) is 0 Å². The lowest BCUT2D eigenvalue weighted by atomic mass is 9.83. The smallest absolute Gasteiger partial charge is 0.0963 e. The highest BCUT2D eigenvalue weighted by atomic mass is 16.5. The predicted octanol–water partition coefficient (Wildman–Crippen LogP) is 5.02. The summed E-state index contributed by atoms with van der Waals surface area (Å²) >= 11 is 0. The van der Waals surface area contributed by atoms with Gasteiger partial charge in [0.2, 0.25) is 0 Å². The zero-order valence-electron chi connectivity index (χ0n) is 17.3. The highest BCUT2D eigenvalue weighted by molar-refractivity contribution is 5.36. The standard InChI is InChI=1S/C25H29N3O/c1-19(2)24-21(17-28(26-24)22-9-4-3-5-10-22)16-27-14-12-25(13-15-27)23-11-7-6-8-20(23)18-29-25/h3-11,17,19H,12-16,18H2,1-2H3. The van der Waals surface area contributed by atoms with Gasteiger partial charge in [0, 0.05) is 31.4 Å². The number of piperidine rings is 1. The highest BCUT2D eigenvalue weighted by Gasteiger charge is 2.42. The maximum Gasteiger partial charge on any atom is 0.0963 e. The van der Waals surface area contributed by atoms with Crippen LogP contribution in [-0.4, -0.2) is 27.8 Å². The van der Waals surface area contributed by atoms with Crippen LogP contribution in [0.5, 0.6) is 0 Å². The molecule has 3 heterocycles. The van der Waals surface area contributed by atoms with Gasteiger partial charge in [-0.3, -0.25) is 4.90 Å². The van der Waals surface area contributed by atoms with Crippen molar-refractivity contribution in [1.29, 1.82) is 0 Å². The summed E-state index contributed by atoms with van der Waals surface area (Å²) in [4.78, 5) is 2.56. The topological polar surface area (TPSA) is 30.3 Å². The van der Waals surface area contributed by atoms with Crippen LogP contribution >= 0.6 is 0 Å². The van der Waals surface area contributed by atoms with Gasteiger partial charge in [0.05, 0.1) is 23.6 Å². The van der Waals surface area contributed by atoms with Crippen LogP contribution in [0.25, 0.3) is 5.69 Å². The molecular formula is C25H29N3O. The minimum absolute atomic E-state index is 0.0673. The Balaban J connectivity index is 1.33. The van der Waals surface area contributed by atoms with Crippen molar-refractivity contribution in [2.24, 2.45) is 0 Å². The summed E-state index contributed by atoms with van der Waals surface area (Å²) in [7, 11) is 0. The van der Waals surface area contributed by atoms with Crippen LogP contribution in [0.1, 0.15) is 55.0 Å². The van der Waals surface area contributed by atoms with Crippen molar-refractivity contribution in [3.63, 3.8) is 0 Å². The van der Waals surface area contributed by atoms with Gasteiger partial charge in [0.25, 0.3) is 0 Å². The van der Waals surface area contributed by atoms with E-state index in [9.17, 15) is 0 Å². The molecule has 1 saturated heterocycles. The van der Waals surface area contributed by atoms with Gasteiger partial charge >= 0.3 is 0 Å². The Kier molecular flexibility index (Phi) is 4.76. The Bertz CT molecular complexity index is 984. The van der Waals surface area contributed by atoms with E-state index < -0.39 is 0 Å². The largest absolute Gasteiger partial charge is 0.365 e. The van der Waals surface area contributed by atoms with Crippen LogP contribution in [-0.2, 0) is 23.5 Å². The second kappa shape index (κ2) is 7.43. The molecule has 0 N–H and O–H groups in total. The fourth-order valence-electron chi connectivity index (χ4n) is 4.86. The van der Waals surface area contributed by atoms with Crippen LogP contribution in [0.15, 0.2) is 60.8 Å². The summed E-state index contributed by atoms with van der Waals surface area (Å²) in [5.74, 6) is 0.413. The number of nitrogens with zero attached hydrogens (tertiary/aromatic N) is 3. The summed E-state index contributed by atoms with van der Waals surface area (Å²) in [6.07, 6.45) is 4.35. The van der Waals surface area contributed by atoms with Crippen LogP contribution in [0.4, 0.5) is 0 Å². The third-order valence-electron chi connectivity index (χ3n) is 6.46. The molecule has 0 saturated carbocycles. The zero-order valence-corrected chi connectivity index (χ0v) is 17.3. The van der Waals surface area contributed by atoms with E-state index in [2.05, 4.69) is 73.5 Å². The van der Waals surface area contributed by atoms with E-state index >= 15 is 0 Å². The molecule has 0 aliphatic carbocycles. The SMILES string of the molecule is CC(C)c1nn(-c2ccccc2)cc1CN1CCC2(CC1)OCc1ccccc12. The molecule has 0 atom stereocenters. The number of para-hydroxylation sites is 1. The number of fused-ring (bicyclic) bond motifs is 2. The maximum atomic E-state index is 6.33. The molecular weight excluding hydrogens is 358 g/mol. The lowest BCUT2D eigenvalue weighted by Gasteiger charge is -2.39. The van der Waals surface area contributed by atoms with E-state index in [1.165, 1.54) is 22.4 Å². The summed E-state index contributed by atoms with van der Waals surface area (Å²) in [5.41, 5.74) is 6.38. The second-order valence-corrected chi connectivity index (χ2v) is 8.69. The fourth-order valence-corrected chi connectivity index (χ4v) is 4.86. The van der Waals surface area contributed by atoms with Crippen LogP contribution < -0.4 is 0 Å². The summed E-state index contributed by atoms with van der Waals surface area (Å²) in [5, 5.41) is 4.91. The lowest BCUT2D eigenvalue weighted by Crippen LogP contribution is -2.42. The Morgan fingerprint density at radius 1 is 1.00 bits per heavy atom. The van der Waals surface area contributed by atoms with Crippen molar-refractivity contribution in [2.45, 2.75) is 51.4 Å². The molecule has 1 spiro atoms. The predicted molar refractivity (Wildman–Crippen MR) is 115 cm³/mol. The van der Waals surface area contributed by atoms with Crippen molar-refractivity contribution in [3.05, 3.63) is 83.2 Å². The molecule has 1 fully saturated rings. The van der Waals surface area contributed by atoms with Crippen molar-refractivity contribution in [1.82, 2.24) is 14.7 Å². The van der Waals surface area contributed by atoms with Crippen LogP contribution in [0.2, 0.25) is 0 Å². The third-order valence-corrected chi connectivity index (χ3v) is 6.46. The number of ether oxygens (including phenoxy) is 1. The number of hydrogen-bond acceptors (Lipinski definition) is 3. The number of aromatic nitrogens is 2. The summed E-state index contributed by atoms with van der Waals surface area (Å²) < 4.78 is 8.37. The van der Waals surface area contributed by atoms with Gasteiger partial charge in [0.1, 0.15) is 0 Å². The van der Waals surface area contributed by atoms with Crippen molar-refractivity contribution < 1.29 is 4.74 Å². The molecule has 1 aromatic heterocycles. The van der Waals surface area contributed by atoms with Gasteiger partial charge in [0.15, 0.2) is 0 Å². The zero-order chi connectivity index (χ0) is 19.8. The summed E-state index contributed by atoms with van der Waals surface area (Å²) in [6, 6.07) is 19.1. The van der Waals surface area contributed by atoms with Crippen molar-refractivity contribution in [3.8, 4) is 5.69 Å². The van der Waals surface area contributed by atoms with E-state index in [0.29, 0.717) is 5.92 Å². The molecule has 4 nitrogen and oxygen atoms in total. The molecule has 5 rings (SSSR count). The third kappa shape index (κ3) is 3.41. The van der Waals surface area contributed by atoms with Crippen LogP contribution in [0.3, 0.4) is 0 Å². The molecule has 29 heavy (non-hydrogen) atoms. The summed E-state index contributed by atoms with van der Waals surface area (Å²) in [6.45, 7) is 8.30. The Morgan fingerprint density at radius 2 is 1.72 bits per heavy atom. The molecule has 4 heteroatoms. The van der Waals surface area contributed by atoms with Gasteiger partial charge < -0.3 is 4.74 Å². The normalized spacial score (nSPS) is 18.4. The van der Waals surface area contributed by atoms with E-state index in [-0.39, 0.29) is 5.60 Å². The lowest BCUT2D eigenvalue weighted by molar-refractivity contribution is -0.0799. The number of benzene rings is 2. The monoisotopic (exact) mass is 387 g/mol. The second-order valence-electron chi connectivity index (χ2n) is 8.69. The Hall–Kier alpha value is -2.43. The first-order valence-corrected chi connectivity index (χ1v) is 10.7. The van der Waals surface area contributed by atoms with Gasteiger partial charge in [-0.25, -0.2) is 4.68 Å². The fraction of sp³-hybridized carbons (Fsp3) is 0.400. The molecule has 0 bridgehead atoms. The quantitative estimate of drug-likeness (QED) is 0.630. The van der Waals surface area contributed by atoms with E-state index in [1.807, 2.05) is 10.7 Å². The molecule has 0 unspecified atom stereocenters. The number of rotatable bonds is 4. The highest BCUT2D eigenvalue weighted by Crippen LogP contribution is 2.44. The van der Waals surface area contributed by atoms with E-state index in [4.69, 9.17) is 9.84 Å². The first-order valence-electron chi connectivity index (χ1n) is 10.7. The first kappa shape index (κ1) is 18.6. The molecule has 150 valence electrons. The van der Waals surface area contributed by atoms with Gasteiger partial charge in [-0.1, -0.05) is 56.3 Å². The molecule has 3 aromatic rings. The molecule has 0 radical (unpaired) electrons. The van der Waals surface area contributed by atoms with Crippen molar-refractivity contribution >= 4 is 0 Å². The first-order chi connectivity index (χ1) is 14.1. The molecule has 2 aliphatic rings. The Labute approximate surface area is 173 Å². The van der Waals surface area contributed by atoms with Crippen LogP contribution in [0, 0.1) is 0 Å². The minimum Gasteiger partial charge on any atom is -0.365 e. The number of likely N-dealkylation sites (tertiary alicyclic amines) is 1. The Morgan fingerprint density at radius 3 is 2.48 bits per heavy atom. The van der Waals surface area contributed by atoms with E-state index in [1.54, 1.807) is 0 Å². The average Bonchev–Trinajstić information content (AvgIpc) is 3.33. The van der Waals surface area contributed by atoms with Gasteiger partial charge in [-0.05, 0) is 42.0 Å². The average molecular weight is 388 g/mol. The van der Waals surface area contributed by atoms with Crippen molar-refractivity contribution in [2.75, 3.05) is 13.1 Å². The minimum atomic E-state index is -0.0673. The maximum absolute atomic E-state index is 6.33. The van der Waals surface area contributed by atoms with E-state index in [0.717, 1.165) is 44.8 Å². The van der Waals surface area contributed by atoms with Gasteiger partial charge in [-0.2, -0.15) is 5.10 Å². The molecule has 0 amide bonds. The number of hydrogen-bond donors (Lipinski definition) is 0.